The first-order valence-corrected chi connectivity index (χ1v) is 7.30. The van der Waals surface area contributed by atoms with Gasteiger partial charge in [0, 0.05) is 10.7 Å². The average Bonchev–Trinajstić information content (AvgIpc) is 2.76. The van der Waals surface area contributed by atoms with Crippen molar-refractivity contribution in [1.29, 1.82) is 0 Å². The van der Waals surface area contributed by atoms with E-state index >= 15 is 0 Å². The molecule has 1 aliphatic carbocycles. The summed E-state index contributed by atoms with van der Waals surface area (Å²) in [6.45, 7) is 0. The number of fused-ring (bicyclic) bond motifs is 1. The molecule has 0 saturated carbocycles. The summed E-state index contributed by atoms with van der Waals surface area (Å²) < 4.78 is 13.7. The third-order valence-electron chi connectivity index (χ3n) is 3.44. The SMILES string of the molecule is Fc1ccc(NC2CCc3cc(Cl)ccc32)cc1Br. The number of halogens is 3. The summed E-state index contributed by atoms with van der Waals surface area (Å²) in [7, 11) is 0. The molecule has 2 aromatic carbocycles. The quantitative estimate of drug-likeness (QED) is 0.778. The second-order valence-electron chi connectivity index (χ2n) is 4.71. The molecule has 0 spiro atoms. The van der Waals surface area contributed by atoms with Crippen LogP contribution in [0.3, 0.4) is 0 Å². The van der Waals surface area contributed by atoms with Gasteiger partial charge in [-0.1, -0.05) is 17.7 Å². The van der Waals surface area contributed by atoms with Crippen molar-refractivity contribution in [1.82, 2.24) is 0 Å². The third kappa shape index (κ3) is 2.63. The molecule has 19 heavy (non-hydrogen) atoms. The predicted molar refractivity (Wildman–Crippen MR) is 80.2 cm³/mol. The highest BCUT2D eigenvalue weighted by molar-refractivity contribution is 9.10. The van der Waals surface area contributed by atoms with Crippen LogP contribution < -0.4 is 5.32 Å². The lowest BCUT2D eigenvalue weighted by molar-refractivity contribution is 0.621. The molecule has 0 aliphatic heterocycles. The Morgan fingerprint density at radius 2 is 2.05 bits per heavy atom. The maximum absolute atomic E-state index is 13.2. The van der Waals surface area contributed by atoms with Crippen molar-refractivity contribution in [3.63, 3.8) is 0 Å². The highest BCUT2D eigenvalue weighted by Gasteiger charge is 2.22. The van der Waals surface area contributed by atoms with E-state index in [-0.39, 0.29) is 11.9 Å². The molecule has 1 aliphatic rings. The van der Waals surface area contributed by atoms with Crippen LogP contribution in [0, 0.1) is 5.82 Å². The maximum atomic E-state index is 13.2. The van der Waals surface area contributed by atoms with Crippen molar-refractivity contribution in [3.05, 3.63) is 62.8 Å². The van der Waals surface area contributed by atoms with Crippen LogP contribution in [0.4, 0.5) is 10.1 Å². The second-order valence-corrected chi connectivity index (χ2v) is 6.00. The minimum Gasteiger partial charge on any atom is -0.378 e. The summed E-state index contributed by atoms with van der Waals surface area (Å²) in [4.78, 5) is 0. The fourth-order valence-electron chi connectivity index (χ4n) is 2.52. The largest absolute Gasteiger partial charge is 0.378 e. The molecule has 0 radical (unpaired) electrons. The summed E-state index contributed by atoms with van der Waals surface area (Å²) in [5.74, 6) is -0.246. The predicted octanol–water partition coefficient (Wildman–Crippen LogP) is 5.34. The standard InChI is InChI=1S/C15H12BrClFN/c16-13-8-11(3-5-14(13)18)19-15-6-1-9-7-10(17)2-4-12(9)15/h2-5,7-8,15,19H,1,6H2. The average molecular weight is 341 g/mol. The van der Waals surface area contributed by atoms with Gasteiger partial charge in [-0.2, -0.15) is 0 Å². The van der Waals surface area contributed by atoms with E-state index in [1.54, 1.807) is 12.1 Å². The normalized spacial score (nSPS) is 17.3. The third-order valence-corrected chi connectivity index (χ3v) is 4.29. The lowest BCUT2D eigenvalue weighted by atomic mass is 10.1. The highest BCUT2D eigenvalue weighted by Crippen LogP contribution is 2.35. The maximum Gasteiger partial charge on any atom is 0.137 e. The smallest absolute Gasteiger partial charge is 0.137 e. The van der Waals surface area contributed by atoms with Crippen molar-refractivity contribution < 1.29 is 4.39 Å². The summed E-state index contributed by atoms with van der Waals surface area (Å²) in [5.41, 5.74) is 3.50. The first kappa shape index (κ1) is 12.9. The molecule has 1 atom stereocenters. The molecule has 1 unspecified atom stereocenters. The first-order valence-electron chi connectivity index (χ1n) is 6.13. The van der Waals surface area contributed by atoms with E-state index in [9.17, 15) is 4.39 Å². The van der Waals surface area contributed by atoms with Gasteiger partial charge in [0.15, 0.2) is 0 Å². The fourth-order valence-corrected chi connectivity index (χ4v) is 3.10. The minimum atomic E-state index is -0.246. The fraction of sp³-hybridized carbons (Fsp3) is 0.200. The number of anilines is 1. The Kier molecular flexibility index (Phi) is 3.50. The molecule has 0 fully saturated rings. The monoisotopic (exact) mass is 339 g/mol. The van der Waals surface area contributed by atoms with Crippen LogP contribution in [0.15, 0.2) is 40.9 Å². The lowest BCUT2D eigenvalue weighted by Gasteiger charge is -2.16. The van der Waals surface area contributed by atoms with Gasteiger partial charge in [-0.3, -0.25) is 0 Å². The van der Waals surface area contributed by atoms with Gasteiger partial charge in [0.25, 0.3) is 0 Å². The van der Waals surface area contributed by atoms with Gasteiger partial charge in [0.05, 0.1) is 10.5 Å². The lowest BCUT2D eigenvalue weighted by Crippen LogP contribution is -2.07. The Hall–Kier alpha value is -1.06. The molecular weight excluding hydrogens is 329 g/mol. The number of benzene rings is 2. The van der Waals surface area contributed by atoms with E-state index in [0.29, 0.717) is 4.47 Å². The Labute approximate surface area is 124 Å². The van der Waals surface area contributed by atoms with Crippen molar-refractivity contribution >= 4 is 33.2 Å². The van der Waals surface area contributed by atoms with Crippen LogP contribution in [0.5, 0.6) is 0 Å². The Morgan fingerprint density at radius 1 is 1.21 bits per heavy atom. The zero-order chi connectivity index (χ0) is 13.4. The minimum absolute atomic E-state index is 0.246. The second kappa shape index (κ2) is 5.14. The van der Waals surface area contributed by atoms with Crippen molar-refractivity contribution in [2.75, 3.05) is 5.32 Å². The molecule has 0 bridgehead atoms. The van der Waals surface area contributed by atoms with Gasteiger partial charge in [-0.05, 0) is 70.2 Å². The van der Waals surface area contributed by atoms with Crippen LogP contribution in [-0.2, 0) is 6.42 Å². The molecule has 0 aromatic heterocycles. The molecule has 1 nitrogen and oxygen atoms in total. The zero-order valence-corrected chi connectivity index (χ0v) is 12.4. The zero-order valence-electron chi connectivity index (χ0n) is 10.1. The van der Waals surface area contributed by atoms with Gasteiger partial charge in [-0.15, -0.1) is 0 Å². The van der Waals surface area contributed by atoms with Crippen molar-refractivity contribution in [2.45, 2.75) is 18.9 Å². The van der Waals surface area contributed by atoms with E-state index in [4.69, 9.17) is 11.6 Å². The van der Waals surface area contributed by atoms with Crippen LogP contribution in [0.25, 0.3) is 0 Å². The van der Waals surface area contributed by atoms with Crippen molar-refractivity contribution in [2.24, 2.45) is 0 Å². The molecule has 0 saturated heterocycles. The number of nitrogens with one attached hydrogen (secondary N) is 1. The molecule has 0 heterocycles. The molecule has 1 N–H and O–H groups in total. The molecule has 98 valence electrons. The van der Waals surface area contributed by atoms with E-state index in [2.05, 4.69) is 27.3 Å². The molecule has 3 rings (SSSR count). The van der Waals surface area contributed by atoms with Crippen molar-refractivity contribution in [3.8, 4) is 0 Å². The molecular formula is C15H12BrClFN. The van der Waals surface area contributed by atoms with Crippen LogP contribution >= 0.6 is 27.5 Å². The van der Waals surface area contributed by atoms with E-state index in [0.717, 1.165) is 23.6 Å². The number of hydrogen-bond acceptors (Lipinski definition) is 1. The Bertz CT molecular complexity index is 630. The summed E-state index contributed by atoms with van der Waals surface area (Å²) in [5, 5.41) is 4.23. The topological polar surface area (TPSA) is 12.0 Å². The van der Waals surface area contributed by atoms with E-state index in [1.807, 2.05) is 12.1 Å². The Balaban J connectivity index is 1.84. The van der Waals surface area contributed by atoms with Crippen LogP contribution in [0.2, 0.25) is 5.02 Å². The van der Waals surface area contributed by atoms with Gasteiger partial charge in [0.1, 0.15) is 5.82 Å². The highest BCUT2D eigenvalue weighted by atomic mass is 79.9. The van der Waals surface area contributed by atoms with Gasteiger partial charge >= 0.3 is 0 Å². The van der Waals surface area contributed by atoms with E-state index in [1.165, 1.54) is 17.2 Å². The summed E-state index contributed by atoms with van der Waals surface area (Å²) in [6.07, 6.45) is 2.06. The number of rotatable bonds is 2. The molecule has 0 amide bonds. The van der Waals surface area contributed by atoms with E-state index < -0.39 is 0 Å². The van der Waals surface area contributed by atoms with Gasteiger partial charge in [-0.25, -0.2) is 4.39 Å². The molecule has 2 aromatic rings. The van der Waals surface area contributed by atoms with Crippen LogP contribution in [0.1, 0.15) is 23.6 Å². The number of aryl methyl sites for hydroxylation is 1. The van der Waals surface area contributed by atoms with Gasteiger partial charge < -0.3 is 5.32 Å². The molecule has 4 heteroatoms. The summed E-state index contributed by atoms with van der Waals surface area (Å²) >= 11 is 9.21. The first-order chi connectivity index (χ1) is 9.13. The van der Waals surface area contributed by atoms with Gasteiger partial charge in [0.2, 0.25) is 0 Å². The van der Waals surface area contributed by atoms with Crippen LogP contribution in [-0.4, -0.2) is 0 Å². The summed E-state index contributed by atoms with van der Waals surface area (Å²) in [6, 6.07) is 11.3. The number of hydrogen-bond donors (Lipinski definition) is 1. The Morgan fingerprint density at radius 3 is 2.84 bits per heavy atom.